The maximum Gasteiger partial charge on any atom is 0.191 e. The van der Waals surface area contributed by atoms with Gasteiger partial charge in [-0.1, -0.05) is 0 Å². The Morgan fingerprint density at radius 3 is 3.07 bits per heavy atom. The van der Waals surface area contributed by atoms with Crippen molar-refractivity contribution in [1.29, 1.82) is 0 Å². The van der Waals surface area contributed by atoms with Gasteiger partial charge < -0.3 is 15.2 Å². The zero-order chi connectivity index (χ0) is 10.5. The first-order chi connectivity index (χ1) is 7.38. The highest BCUT2D eigenvalue weighted by Crippen LogP contribution is 2.18. The van der Waals surface area contributed by atoms with Gasteiger partial charge in [0.1, 0.15) is 0 Å². The summed E-state index contributed by atoms with van der Waals surface area (Å²) in [6.07, 6.45) is 8.10. The van der Waals surface area contributed by atoms with Crippen molar-refractivity contribution >= 4 is 5.96 Å². The van der Waals surface area contributed by atoms with Gasteiger partial charge in [0.25, 0.3) is 0 Å². The van der Waals surface area contributed by atoms with Gasteiger partial charge in [0.05, 0.1) is 6.33 Å². The van der Waals surface area contributed by atoms with Crippen LogP contribution in [0.3, 0.4) is 0 Å². The normalized spacial score (nSPS) is 16.5. The lowest BCUT2D eigenvalue weighted by molar-refractivity contribution is 0.661. The minimum Gasteiger partial charge on any atom is -0.355 e. The predicted octanol–water partition coefficient (Wildman–Crippen LogP) is 0.210. The molecule has 1 aliphatic rings. The molecule has 0 unspecified atom stereocenters. The monoisotopic (exact) mass is 207 g/mol. The first kappa shape index (κ1) is 10.0. The van der Waals surface area contributed by atoms with Gasteiger partial charge in [-0.3, -0.25) is 4.99 Å². The number of imidazole rings is 1. The fourth-order valence-corrected chi connectivity index (χ4v) is 1.34. The quantitative estimate of drug-likeness (QED) is 0.548. The maximum atomic E-state index is 4.16. The Hall–Kier alpha value is -1.52. The molecular formula is C10H17N5. The van der Waals surface area contributed by atoms with Crippen LogP contribution in [0.5, 0.6) is 0 Å². The van der Waals surface area contributed by atoms with Gasteiger partial charge in [0.15, 0.2) is 5.96 Å². The third-order valence-electron chi connectivity index (χ3n) is 2.36. The summed E-state index contributed by atoms with van der Waals surface area (Å²) in [5.41, 5.74) is 0. The van der Waals surface area contributed by atoms with Crippen molar-refractivity contribution in [3.05, 3.63) is 18.7 Å². The summed E-state index contributed by atoms with van der Waals surface area (Å²) < 4.78 is 2.04. The van der Waals surface area contributed by atoms with Crippen LogP contribution in [0.25, 0.3) is 0 Å². The molecule has 0 atom stereocenters. The van der Waals surface area contributed by atoms with E-state index in [0.717, 1.165) is 19.0 Å². The van der Waals surface area contributed by atoms with Crippen LogP contribution >= 0.6 is 0 Å². The van der Waals surface area contributed by atoms with Gasteiger partial charge >= 0.3 is 0 Å². The molecule has 0 saturated heterocycles. The minimum atomic E-state index is 0.643. The Bertz CT molecular complexity index is 313. The van der Waals surface area contributed by atoms with E-state index >= 15 is 0 Å². The number of guanidine groups is 1. The van der Waals surface area contributed by atoms with Crippen molar-refractivity contribution in [2.75, 3.05) is 13.6 Å². The van der Waals surface area contributed by atoms with Crippen LogP contribution in [0.4, 0.5) is 0 Å². The van der Waals surface area contributed by atoms with E-state index in [2.05, 4.69) is 20.6 Å². The molecule has 1 aromatic heterocycles. The Balaban J connectivity index is 1.67. The van der Waals surface area contributed by atoms with Crippen molar-refractivity contribution in [2.24, 2.45) is 4.99 Å². The van der Waals surface area contributed by atoms with E-state index in [9.17, 15) is 0 Å². The van der Waals surface area contributed by atoms with Crippen LogP contribution in [-0.2, 0) is 6.54 Å². The predicted molar refractivity (Wildman–Crippen MR) is 59.7 cm³/mol. The van der Waals surface area contributed by atoms with Gasteiger partial charge in [-0.25, -0.2) is 4.98 Å². The van der Waals surface area contributed by atoms with E-state index in [1.165, 1.54) is 12.8 Å². The van der Waals surface area contributed by atoms with Gasteiger partial charge in [0, 0.05) is 38.6 Å². The summed E-state index contributed by atoms with van der Waals surface area (Å²) in [5, 5.41) is 6.60. The molecule has 0 aromatic carbocycles. The Morgan fingerprint density at radius 1 is 1.60 bits per heavy atom. The third-order valence-corrected chi connectivity index (χ3v) is 2.36. The van der Waals surface area contributed by atoms with E-state index in [1.807, 2.05) is 17.1 Å². The van der Waals surface area contributed by atoms with Crippen molar-refractivity contribution in [2.45, 2.75) is 25.4 Å². The van der Waals surface area contributed by atoms with Crippen LogP contribution in [0.1, 0.15) is 12.8 Å². The van der Waals surface area contributed by atoms with Gasteiger partial charge in [-0.2, -0.15) is 0 Å². The number of nitrogens with one attached hydrogen (secondary N) is 2. The van der Waals surface area contributed by atoms with E-state index in [1.54, 1.807) is 13.2 Å². The fourth-order valence-electron chi connectivity index (χ4n) is 1.34. The second-order valence-corrected chi connectivity index (χ2v) is 3.72. The molecule has 5 nitrogen and oxygen atoms in total. The van der Waals surface area contributed by atoms with E-state index in [-0.39, 0.29) is 0 Å². The smallest absolute Gasteiger partial charge is 0.191 e. The van der Waals surface area contributed by atoms with Gasteiger partial charge in [-0.05, 0) is 12.8 Å². The Labute approximate surface area is 89.6 Å². The summed E-state index contributed by atoms with van der Waals surface area (Å²) in [5.74, 6) is 0.901. The topological polar surface area (TPSA) is 54.2 Å². The molecule has 0 radical (unpaired) electrons. The Morgan fingerprint density at radius 2 is 2.47 bits per heavy atom. The largest absolute Gasteiger partial charge is 0.355 e. The highest BCUT2D eigenvalue weighted by atomic mass is 15.2. The molecule has 0 aliphatic heterocycles. The number of rotatable bonds is 4. The molecule has 1 saturated carbocycles. The average Bonchev–Trinajstić information content (AvgIpc) is 2.91. The average molecular weight is 207 g/mol. The van der Waals surface area contributed by atoms with Crippen molar-refractivity contribution < 1.29 is 0 Å². The molecule has 2 N–H and O–H groups in total. The second-order valence-electron chi connectivity index (χ2n) is 3.72. The molecular weight excluding hydrogens is 190 g/mol. The van der Waals surface area contributed by atoms with Crippen LogP contribution < -0.4 is 10.6 Å². The van der Waals surface area contributed by atoms with E-state index in [0.29, 0.717) is 6.04 Å². The standard InChI is InChI=1S/C10H17N5/c1-11-10(14-9-2-3-9)13-5-7-15-6-4-12-8-15/h4,6,8-9H,2-3,5,7H2,1H3,(H2,11,13,14). The molecule has 82 valence electrons. The molecule has 1 aliphatic carbocycles. The zero-order valence-corrected chi connectivity index (χ0v) is 8.98. The van der Waals surface area contributed by atoms with Crippen LogP contribution in [-0.4, -0.2) is 35.1 Å². The van der Waals surface area contributed by atoms with Crippen molar-refractivity contribution in [3.63, 3.8) is 0 Å². The molecule has 2 rings (SSSR count). The van der Waals surface area contributed by atoms with Crippen molar-refractivity contribution in [1.82, 2.24) is 20.2 Å². The molecule has 1 aromatic rings. The van der Waals surface area contributed by atoms with Crippen LogP contribution in [0.15, 0.2) is 23.7 Å². The molecule has 0 bridgehead atoms. The minimum absolute atomic E-state index is 0.643. The first-order valence-electron chi connectivity index (χ1n) is 5.31. The highest BCUT2D eigenvalue weighted by molar-refractivity contribution is 5.80. The molecule has 5 heteroatoms. The summed E-state index contributed by atoms with van der Waals surface area (Å²) in [4.78, 5) is 8.14. The first-order valence-corrected chi connectivity index (χ1v) is 5.31. The maximum absolute atomic E-state index is 4.16. The SMILES string of the molecule is CN=C(NCCn1ccnc1)NC1CC1. The zero-order valence-electron chi connectivity index (χ0n) is 8.98. The summed E-state index contributed by atoms with van der Waals surface area (Å²) in [7, 11) is 1.80. The number of hydrogen-bond acceptors (Lipinski definition) is 2. The van der Waals surface area contributed by atoms with E-state index in [4.69, 9.17) is 0 Å². The molecule has 1 heterocycles. The molecule has 15 heavy (non-hydrogen) atoms. The van der Waals surface area contributed by atoms with E-state index < -0.39 is 0 Å². The lowest BCUT2D eigenvalue weighted by Crippen LogP contribution is -2.39. The summed E-state index contributed by atoms with van der Waals surface area (Å²) in [6, 6.07) is 0.643. The molecule has 1 fully saturated rings. The number of aromatic nitrogens is 2. The molecule has 0 spiro atoms. The van der Waals surface area contributed by atoms with Crippen LogP contribution in [0.2, 0.25) is 0 Å². The summed E-state index contributed by atoms with van der Waals surface area (Å²) in [6.45, 7) is 1.77. The second kappa shape index (κ2) is 4.82. The third kappa shape index (κ3) is 3.27. The van der Waals surface area contributed by atoms with Crippen LogP contribution in [0, 0.1) is 0 Å². The Kier molecular flexibility index (Phi) is 3.22. The number of nitrogens with zero attached hydrogens (tertiary/aromatic N) is 3. The van der Waals surface area contributed by atoms with Gasteiger partial charge in [-0.15, -0.1) is 0 Å². The van der Waals surface area contributed by atoms with Gasteiger partial charge in [0.2, 0.25) is 0 Å². The van der Waals surface area contributed by atoms with Crippen molar-refractivity contribution in [3.8, 4) is 0 Å². The lowest BCUT2D eigenvalue weighted by atomic mass is 10.6. The molecule has 0 amide bonds. The summed E-state index contributed by atoms with van der Waals surface area (Å²) >= 11 is 0. The lowest BCUT2D eigenvalue weighted by Gasteiger charge is -2.10. The fraction of sp³-hybridized carbons (Fsp3) is 0.600. The number of hydrogen-bond donors (Lipinski definition) is 2. The number of aliphatic imine (C=N–C) groups is 1. The highest BCUT2D eigenvalue weighted by Gasteiger charge is 2.21.